The van der Waals surface area contributed by atoms with E-state index in [0.29, 0.717) is 37.6 Å². The van der Waals surface area contributed by atoms with Gasteiger partial charge in [-0.2, -0.15) is 16.7 Å². The maximum absolute atomic E-state index is 12.1. The molecule has 0 unspecified atom stereocenters. The molecule has 0 saturated carbocycles. The van der Waals surface area contributed by atoms with E-state index in [0.717, 1.165) is 38.1 Å². The van der Waals surface area contributed by atoms with E-state index >= 15 is 0 Å². The molecule has 0 spiro atoms. The normalized spacial score (nSPS) is 21.8. The van der Waals surface area contributed by atoms with Gasteiger partial charge >= 0.3 is 0 Å². The summed E-state index contributed by atoms with van der Waals surface area (Å²) >= 11 is 1.66. The predicted octanol–water partition coefficient (Wildman–Crippen LogP) is 1.65. The molecule has 2 aliphatic heterocycles. The van der Waals surface area contributed by atoms with E-state index in [1.807, 2.05) is 16.1 Å². The van der Waals surface area contributed by atoms with Crippen molar-refractivity contribution in [2.24, 2.45) is 0 Å². The molecule has 0 radical (unpaired) electrons. The van der Waals surface area contributed by atoms with Crippen molar-refractivity contribution in [1.29, 1.82) is 0 Å². The van der Waals surface area contributed by atoms with Crippen LogP contribution in [0.5, 0.6) is 0 Å². The molecule has 8 heteroatoms. The van der Waals surface area contributed by atoms with Crippen LogP contribution in [0.15, 0.2) is 4.52 Å². The van der Waals surface area contributed by atoms with Gasteiger partial charge in [0.2, 0.25) is 17.7 Å². The third-order valence-corrected chi connectivity index (χ3v) is 5.18. The summed E-state index contributed by atoms with van der Waals surface area (Å²) in [5.41, 5.74) is 0. The third-order valence-electron chi connectivity index (χ3n) is 4.63. The van der Waals surface area contributed by atoms with E-state index in [2.05, 4.69) is 10.1 Å². The Balaban J connectivity index is 1.51. The molecule has 0 aliphatic carbocycles. The number of rotatable bonds is 7. The van der Waals surface area contributed by atoms with Gasteiger partial charge in [0.05, 0.1) is 11.7 Å². The standard InChI is InChI=1S/C16H24N4O3S/c1-24-11-13-17-16(23-18-13)12-5-6-15(22)20(10-12)9-3-8-19-7-2-4-14(19)21/h12H,2-11H2,1H3/t12-/m1/s1. The third kappa shape index (κ3) is 4.09. The molecule has 1 atom stereocenters. The van der Waals surface area contributed by atoms with Crippen LogP contribution in [0.3, 0.4) is 0 Å². The Morgan fingerprint density at radius 3 is 2.75 bits per heavy atom. The smallest absolute Gasteiger partial charge is 0.231 e. The lowest BCUT2D eigenvalue weighted by Crippen LogP contribution is -2.40. The van der Waals surface area contributed by atoms with Crippen LogP contribution in [-0.2, 0) is 15.3 Å². The quantitative estimate of drug-likeness (QED) is 0.742. The molecule has 3 rings (SSSR count). The summed E-state index contributed by atoms with van der Waals surface area (Å²) in [5, 5.41) is 3.99. The Morgan fingerprint density at radius 1 is 1.21 bits per heavy atom. The van der Waals surface area contributed by atoms with Crippen molar-refractivity contribution in [2.75, 3.05) is 32.4 Å². The maximum atomic E-state index is 12.1. The van der Waals surface area contributed by atoms with Crippen molar-refractivity contribution in [3.05, 3.63) is 11.7 Å². The van der Waals surface area contributed by atoms with E-state index in [1.54, 1.807) is 11.8 Å². The Morgan fingerprint density at radius 2 is 2.00 bits per heavy atom. The highest BCUT2D eigenvalue weighted by Gasteiger charge is 2.30. The number of hydrogen-bond acceptors (Lipinski definition) is 6. The van der Waals surface area contributed by atoms with Crippen molar-refractivity contribution < 1.29 is 14.1 Å². The first-order chi connectivity index (χ1) is 11.7. The fourth-order valence-electron chi connectivity index (χ4n) is 3.35. The number of likely N-dealkylation sites (tertiary alicyclic amines) is 2. The highest BCUT2D eigenvalue weighted by Crippen LogP contribution is 2.27. The monoisotopic (exact) mass is 352 g/mol. The molecule has 3 heterocycles. The van der Waals surface area contributed by atoms with E-state index < -0.39 is 0 Å². The second kappa shape index (κ2) is 8.00. The predicted molar refractivity (Wildman–Crippen MR) is 90.5 cm³/mol. The average molecular weight is 352 g/mol. The van der Waals surface area contributed by atoms with E-state index in [-0.39, 0.29) is 17.7 Å². The zero-order valence-corrected chi connectivity index (χ0v) is 14.9. The van der Waals surface area contributed by atoms with Crippen LogP contribution in [-0.4, -0.2) is 64.2 Å². The van der Waals surface area contributed by atoms with Gasteiger partial charge in [-0.25, -0.2) is 0 Å². The van der Waals surface area contributed by atoms with Crippen LogP contribution in [0.4, 0.5) is 0 Å². The molecule has 2 fully saturated rings. The van der Waals surface area contributed by atoms with Crippen molar-refractivity contribution in [1.82, 2.24) is 19.9 Å². The first kappa shape index (κ1) is 17.3. The second-order valence-corrected chi connectivity index (χ2v) is 7.26. The first-order valence-corrected chi connectivity index (χ1v) is 9.93. The minimum atomic E-state index is 0.124. The van der Waals surface area contributed by atoms with Gasteiger partial charge in [0.1, 0.15) is 0 Å². The lowest BCUT2D eigenvalue weighted by molar-refractivity contribution is -0.134. The Kier molecular flexibility index (Phi) is 5.76. The van der Waals surface area contributed by atoms with Crippen LogP contribution < -0.4 is 0 Å². The zero-order chi connectivity index (χ0) is 16.9. The molecule has 2 saturated heterocycles. The van der Waals surface area contributed by atoms with Crippen molar-refractivity contribution in [3.63, 3.8) is 0 Å². The Labute approximate surface area is 146 Å². The number of thioether (sulfide) groups is 1. The fraction of sp³-hybridized carbons (Fsp3) is 0.750. The van der Waals surface area contributed by atoms with Gasteiger partial charge < -0.3 is 14.3 Å². The number of carbonyl (C=O) groups excluding carboxylic acids is 2. The van der Waals surface area contributed by atoms with Gasteiger partial charge in [0.25, 0.3) is 0 Å². The van der Waals surface area contributed by atoms with Gasteiger partial charge in [0.15, 0.2) is 5.82 Å². The number of nitrogens with zero attached hydrogens (tertiary/aromatic N) is 4. The Bertz CT molecular complexity index is 592. The van der Waals surface area contributed by atoms with Gasteiger partial charge in [-0.15, -0.1) is 0 Å². The van der Waals surface area contributed by atoms with Crippen LogP contribution in [0.2, 0.25) is 0 Å². The number of hydrogen-bond donors (Lipinski definition) is 0. The summed E-state index contributed by atoms with van der Waals surface area (Å²) in [6.07, 6.45) is 5.74. The molecule has 0 bridgehead atoms. The Hall–Kier alpha value is -1.57. The molecule has 2 aliphatic rings. The number of aromatic nitrogens is 2. The van der Waals surface area contributed by atoms with Crippen LogP contribution in [0.1, 0.15) is 49.7 Å². The van der Waals surface area contributed by atoms with Gasteiger partial charge in [-0.05, 0) is 25.5 Å². The zero-order valence-electron chi connectivity index (χ0n) is 14.1. The molecule has 132 valence electrons. The average Bonchev–Trinajstić information content (AvgIpc) is 3.19. The molecule has 7 nitrogen and oxygen atoms in total. The lowest BCUT2D eigenvalue weighted by atomic mass is 9.97. The van der Waals surface area contributed by atoms with E-state index in [4.69, 9.17) is 4.52 Å². The molecule has 0 N–H and O–H groups in total. The molecule has 1 aromatic rings. The highest BCUT2D eigenvalue weighted by molar-refractivity contribution is 7.97. The summed E-state index contributed by atoms with van der Waals surface area (Å²) in [7, 11) is 0. The minimum absolute atomic E-state index is 0.124. The van der Waals surface area contributed by atoms with E-state index in [9.17, 15) is 9.59 Å². The van der Waals surface area contributed by atoms with Gasteiger partial charge in [0, 0.05) is 39.0 Å². The summed E-state index contributed by atoms with van der Waals surface area (Å²) < 4.78 is 5.37. The first-order valence-electron chi connectivity index (χ1n) is 8.54. The van der Waals surface area contributed by atoms with Crippen LogP contribution in [0.25, 0.3) is 0 Å². The maximum Gasteiger partial charge on any atom is 0.231 e. The lowest BCUT2D eigenvalue weighted by Gasteiger charge is -2.31. The molecular weight excluding hydrogens is 328 g/mol. The van der Waals surface area contributed by atoms with Crippen LogP contribution in [0, 0.1) is 0 Å². The summed E-state index contributed by atoms with van der Waals surface area (Å²) in [6.45, 7) is 2.92. The van der Waals surface area contributed by atoms with Gasteiger partial charge in [-0.3, -0.25) is 9.59 Å². The van der Waals surface area contributed by atoms with Crippen molar-refractivity contribution in [2.45, 2.75) is 43.8 Å². The molecule has 2 amide bonds. The highest BCUT2D eigenvalue weighted by atomic mass is 32.2. The number of carbonyl (C=O) groups is 2. The largest absolute Gasteiger partial charge is 0.343 e. The minimum Gasteiger partial charge on any atom is -0.343 e. The molecular formula is C16H24N4O3S. The molecule has 0 aromatic carbocycles. The fourth-order valence-corrected chi connectivity index (χ4v) is 3.72. The topological polar surface area (TPSA) is 79.5 Å². The van der Waals surface area contributed by atoms with Gasteiger partial charge in [-0.1, -0.05) is 5.16 Å². The second-order valence-electron chi connectivity index (χ2n) is 6.40. The summed E-state index contributed by atoms with van der Waals surface area (Å²) in [4.78, 5) is 32.0. The van der Waals surface area contributed by atoms with Crippen molar-refractivity contribution >= 4 is 23.6 Å². The summed E-state index contributed by atoms with van der Waals surface area (Å²) in [6, 6.07) is 0. The molecule has 1 aromatic heterocycles. The summed E-state index contributed by atoms with van der Waals surface area (Å²) in [5.74, 6) is 2.65. The molecule has 24 heavy (non-hydrogen) atoms. The van der Waals surface area contributed by atoms with Crippen LogP contribution >= 0.6 is 11.8 Å². The number of piperidine rings is 1. The number of amides is 2. The van der Waals surface area contributed by atoms with Crippen molar-refractivity contribution in [3.8, 4) is 0 Å². The van der Waals surface area contributed by atoms with E-state index in [1.165, 1.54) is 0 Å². The SMILES string of the molecule is CSCc1noc([C@@H]2CCC(=O)N(CCCN3CCCC3=O)C2)n1.